The van der Waals surface area contributed by atoms with Crippen molar-refractivity contribution in [1.82, 2.24) is 4.57 Å². The highest BCUT2D eigenvalue weighted by Crippen LogP contribution is 2.28. The molecule has 6 heteroatoms. The van der Waals surface area contributed by atoms with E-state index < -0.39 is 0 Å². The second kappa shape index (κ2) is 10.00. The van der Waals surface area contributed by atoms with E-state index in [0.29, 0.717) is 23.5 Å². The van der Waals surface area contributed by atoms with Crippen LogP contribution in [0, 0.1) is 25.2 Å². The van der Waals surface area contributed by atoms with E-state index in [1.165, 1.54) is 5.01 Å². The molecule has 0 radical (unpaired) electrons. The van der Waals surface area contributed by atoms with Crippen LogP contribution in [0.5, 0.6) is 5.75 Å². The number of hydrogen-bond acceptors (Lipinski definition) is 4. The van der Waals surface area contributed by atoms with Gasteiger partial charge in [-0.15, -0.1) is 0 Å². The molecule has 4 aromatic rings. The zero-order valence-corrected chi connectivity index (χ0v) is 21.0. The summed E-state index contributed by atoms with van der Waals surface area (Å²) >= 11 is 0. The second-order valence-electron chi connectivity index (χ2n) is 8.91. The SMILES string of the molecule is CC1=NN(c2ccccc2)C(=O)/C1=C/c1cc(C)n(-c2ccc(OCc3ccccc3C#N)cc2)c1C. The Hall–Kier alpha value is -4.89. The first-order valence-corrected chi connectivity index (χ1v) is 12.0. The van der Waals surface area contributed by atoms with Crippen LogP contribution in [0.3, 0.4) is 0 Å². The van der Waals surface area contributed by atoms with E-state index in [9.17, 15) is 10.1 Å². The van der Waals surface area contributed by atoms with Crippen LogP contribution in [-0.2, 0) is 11.4 Å². The van der Waals surface area contributed by atoms with Gasteiger partial charge in [-0.1, -0.05) is 36.4 Å². The number of ether oxygens (including phenoxy) is 1. The molecule has 0 unspecified atom stereocenters. The summed E-state index contributed by atoms with van der Waals surface area (Å²) in [5.41, 5.74) is 7.56. The number of para-hydroxylation sites is 1. The molecular weight excluding hydrogens is 460 g/mol. The van der Waals surface area contributed by atoms with Crippen molar-refractivity contribution in [3.63, 3.8) is 0 Å². The minimum Gasteiger partial charge on any atom is -0.489 e. The second-order valence-corrected chi connectivity index (χ2v) is 8.91. The molecule has 6 nitrogen and oxygen atoms in total. The molecule has 3 aromatic carbocycles. The lowest BCUT2D eigenvalue weighted by Crippen LogP contribution is -2.21. The van der Waals surface area contributed by atoms with Crippen molar-refractivity contribution in [2.45, 2.75) is 27.4 Å². The van der Waals surface area contributed by atoms with Gasteiger partial charge in [-0.2, -0.15) is 15.4 Å². The highest BCUT2D eigenvalue weighted by molar-refractivity contribution is 6.32. The summed E-state index contributed by atoms with van der Waals surface area (Å²) in [5.74, 6) is 0.596. The fraction of sp³-hybridized carbons (Fsp3) is 0.129. The fourth-order valence-corrected chi connectivity index (χ4v) is 4.52. The number of hydrogen-bond donors (Lipinski definition) is 0. The Morgan fingerprint density at radius 3 is 2.35 bits per heavy atom. The van der Waals surface area contributed by atoms with Gasteiger partial charge in [-0.3, -0.25) is 4.79 Å². The molecule has 1 amide bonds. The van der Waals surface area contributed by atoms with Crippen molar-refractivity contribution >= 4 is 23.4 Å². The van der Waals surface area contributed by atoms with Gasteiger partial charge in [0.05, 0.1) is 28.6 Å². The molecule has 0 aliphatic carbocycles. The quantitative estimate of drug-likeness (QED) is 0.298. The Morgan fingerprint density at radius 2 is 1.62 bits per heavy atom. The maximum atomic E-state index is 13.1. The largest absolute Gasteiger partial charge is 0.489 e. The van der Waals surface area contributed by atoms with Crippen LogP contribution in [0.4, 0.5) is 5.69 Å². The summed E-state index contributed by atoms with van der Waals surface area (Å²) in [7, 11) is 0. The van der Waals surface area contributed by atoms with E-state index in [-0.39, 0.29) is 5.91 Å². The molecule has 0 fully saturated rings. The first-order chi connectivity index (χ1) is 18.0. The average molecular weight is 487 g/mol. The summed E-state index contributed by atoms with van der Waals surface area (Å²) < 4.78 is 8.08. The van der Waals surface area contributed by atoms with Crippen LogP contribution in [0.15, 0.2) is 95.6 Å². The van der Waals surface area contributed by atoms with Gasteiger partial charge < -0.3 is 9.30 Å². The van der Waals surface area contributed by atoms with Crippen molar-refractivity contribution in [3.8, 4) is 17.5 Å². The van der Waals surface area contributed by atoms with Gasteiger partial charge in [0.15, 0.2) is 0 Å². The number of nitriles is 1. The van der Waals surface area contributed by atoms with Crippen molar-refractivity contribution in [1.29, 1.82) is 5.26 Å². The number of aryl methyl sites for hydroxylation is 1. The van der Waals surface area contributed by atoms with E-state index in [4.69, 9.17) is 4.74 Å². The zero-order valence-electron chi connectivity index (χ0n) is 21.0. The molecule has 1 aliphatic rings. The van der Waals surface area contributed by atoms with Gasteiger partial charge in [0.25, 0.3) is 5.91 Å². The predicted molar refractivity (Wildman–Crippen MR) is 146 cm³/mol. The van der Waals surface area contributed by atoms with Gasteiger partial charge in [-0.25, -0.2) is 0 Å². The maximum absolute atomic E-state index is 13.1. The molecule has 0 saturated carbocycles. The van der Waals surface area contributed by atoms with Gasteiger partial charge in [0.2, 0.25) is 0 Å². The van der Waals surface area contributed by atoms with E-state index >= 15 is 0 Å². The normalized spacial score (nSPS) is 14.1. The molecule has 0 saturated heterocycles. The van der Waals surface area contributed by atoms with Crippen molar-refractivity contribution in [3.05, 3.63) is 119 Å². The van der Waals surface area contributed by atoms with E-state index in [2.05, 4.69) is 21.8 Å². The molecule has 182 valence electrons. The molecule has 1 aromatic heterocycles. The third-order valence-electron chi connectivity index (χ3n) is 6.46. The summed E-state index contributed by atoms with van der Waals surface area (Å²) in [6.07, 6.45) is 1.92. The van der Waals surface area contributed by atoms with E-state index in [1.54, 1.807) is 6.07 Å². The zero-order chi connectivity index (χ0) is 25.9. The lowest BCUT2D eigenvalue weighted by Gasteiger charge is -2.12. The lowest BCUT2D eigenvalue weighted by atomic mass is 10.1. The minimum absolute atomic E-state index is 0.132. The van der Waals surface area contributed by atoms with Crippen LogP contribution in [0.2, 0.25) is 0 Å². The highest BCUT2D eigenvalue weighted by Gasteiger charge is 2.29. The fourth-order valence-electron chi connectivity index (χ4n) is 4.52. The predicted octanol–water partition coefficient (Wildman–Crippen LogP) is 6.35. The third kappa shape index (κ3) is 4.67. The number of hydrazone groups is 1. The van der Waals surface area contributed by atoms with Crippen molar-refractivity contribution < 1.29 is 9.53 Å². The average Bonchev–Trinajstić information content (AvgIpc) is 3.37. The molecule has 37 heavy (non-hydrogen) atoms. The number of nitrogens with zero attached hydrogens (tertiary/aromatic N) is 4. The van der Waals surface area contributed by atoms with Crippen molar-refractivity contribution in [2.75, 3.05) is 5.01 Å². The summed E-state index contributed by atoms with van der Waals surface area (Å²) in [6, 6.07) is 29.0. The number of rotatable bonds is 6. The van der Waals surface area contributed by atoms with Crippen LogP contribution >= 0.6 is 0 Å². The minimum atomic E-state index is -0.132. The Kier molecular flexibility index (Phi) is 6.44. The molecule has 0 atom stereocenters. The topological polar surface area (TPSA) is 70.6 Å². The molecule has 2 heterocycles. The summed E-state index contributed by atoms with van der Waals surface area (Å²) in [6.45, 7) is 6.28. The number of aromatic nitrogens is 1. The Balaban J connectivity index is 1.36. The first kappa shape index (κ1) is 23.8. The van der Waals surface area contributed by atoms with Crippen LogP contribution in [0.25, 0.3) is 11.8 Å². The standard InChI is InChI=1S/C31H26N4O2/c1-21-17-26(18-30-22(2)33-35(31(30)36)28-11-5-4-6-12-28)23(3)34(21)27-13-15-29(16-14-27)37-20-25-10-8-7-9-24(25)19-32/h4-18H,20H2,1-3H3/b30-18+. The number of carbonyl (C=O) groups excluding carboxylic acids is 1. The number of amides is 1. The lowest BCUT2D eigenvalue weighted by molar-refractivity contribution is -0.114. The molecule has 0 spiro atoms. The monoisotopic (exact) mass is 486 g/mol. The smallest absolute Gasteiger partial charge is 0.280 e. The Morgan fingerprint density at radius 1 is 0.919 bits per heavy atom. The van der Waals surface area contributed by atoms with Crippen LogP contribution in [-0.4, -0.2) is 16.2 Å². The third-order valence-corrected chi connectivity index (χ3v) is 6.46. The van der Waals surface area contributed by atoms with Gasteiger partial charge >= 0.3 is 0 Å². The molecule has 0 N–H and O–H groups in total. The molecule has 5 rings (SSSR count). The van der Waals surface area contributed by atoms with Gasteiger partial charge in [-0.05, 0) is 80.9 Å². The summed E-state index contributed by atoms with van der Waals surface area (Å²) in [5, 5.41) is 15.2. The molecule has 0 bridgehead atoms. The van der Waals surface area contributed by atoms with Crippen molar-refractivity contribution in [2.24, 2.45) is 5.10 Å². The van der Waals surface area contributed by atoms with Crippen LogP contribution < -0.4 is 9.75 Å². The number of benzene rings is 3. The van der Waals surface area contributed by atoms with E-state index in [1.807, 2.05) is 99.6 Å². The number of anilines is 1. The van der Waals surface area contributed by atoms with Gasteiger partial charge in [0.1, 0.15) is 12.4 Å². The Bertz CT molecular complexity index is 1570. The van der Waals surface area contributed by atoms with E-state index in [0.717, 1.165) is 39.6 Å². The first-order valence-electron chi connectivity index (χ1n) is 12.0. The van der Waals surface area contributed by atoms with Crippen LogP contribution in [0.1, 0.15) is 35.0 Å². The summed E-state index contributed by atoms with van der Waals surface area (Å²) in [4.78, 5) is 13.1. The molecular formula is C31H26N4O2. The highest BCUT2D eigenvalue weighted by atomic mass is 16.5. The molecule has 1 aliphatic heterocycles. The number of carbonyl (C=O) groups is 1. The van der Waals surface area contributed by atoms with Gasteiger partial charge in [0, 0.05) is 22.6 Å². The Labute approximate surface area is 216 Å². The maximum Gasteiger partial charge on any atom is 0.280 e.